The van der Waals surface area contributed by atoms with Gasteiger partial charge in [0.1, 0.15) is 0 Å². The number of nitrogens with two attached hydrogens (primary N) is 1. The number of nitrogens with zero attached hydrogens (tertiary/aromatic N) is 3. The highest BCUT2D eigenvalue weighted by Gasteiger charge is 2.14. The van der Waals surface area contributed by atoms with Crippen LogP contribution in [0.3, 0.4) is 0 Å². The van der Waals surface area contributed by atoms with Gasteiger partial charge in [0, 0.05) is 6.54 Å². The number of unbranched alkanes of at least 4 members (excludes halogenated alkanes) is 2. The highest BCUT2D eigenvalue weighted by atomic mass is 15.4. The standard InChI is InChI=1S/C11H23N5/c1-3-5-6-7-10(14-12)11-9-13-15-16(11)8-4-2/h9-10,14H,3-8,12H2,1-2H3. The molecular formula is C11H23N5. The molecule has 0 aliphatic carbocycles. The molecule has 0 aromatic carbocycles. The average molecular weight is 225 g/mol. The SMILES string of the molecule is CCCCCC(NN)c1cnnn1CCC. The molecule has 1 aromatic heterocycles. The van der Waals surface area contributed by atoms with Gasteiger partial charge in [0.05, 0.1) is 17.9 Å². The van der Waals surface area contributed by atoms with Gasteiger partial charge in [-0.15, -0.1) is 5.10 Å². The fraction of sp³-hybridized carbons (Fsp3) is 0.818. The summed E-state index contributed by atoms with van der Waals surface area (Å²) in [5.74, 6) is 5.59. The van der Waals surface area contributed by atoms with Crippen molar-refractivity contribution < 1.29 is 0 Å². The molecule has 1 heterocycles. The lowest BCUT2D eigenvalue weighted by molar-refractivity contribution is 0.439. The molecule has 5 heteroatoms. The fourth-order valence-electron chi connectivity index (χ4n) is 1.84. The first kappa shape index (κ1) is 13.1. The summed E-state index contributed by atoms with van der Waals surface area (Å²) in [4.78, 5) is 0. The molecule has 0 aliphatic rings. The van der Waals surface area contributed by atoms with Crippen molar-refractivity contribution in [2.24, 2.45) is 5.84 Å². The molecule has 0 aliphatic heterocycles. The van der Waals surface area contributed by atoms with E-state index in [0.717, 1.165) is 25.1 Å². The predicted molar refractivity (Wildman–Crippen MR) is 64.5 cm³/mol. The Morgan fingerprint density at radius 1 is 1.38 bits per heavy atom. The highest BCUT2D eigenvalue weighted by Crippen LogP contribution is 2.18. The van der Waals surface area contributed by atoms with Gasteiger partial charge in [-0.05, 0) is 12.8 Å². The summed E-state index contributed by atoms with van der Waals surface area (Å²) >= 11 is 0. The summed E-state index contributed by atoms with van der Waals surface area (Å²) in [7, 11) is 0. The van der Waals surface area contributed by atoms with E-state index in [2.05, 4.69) is 29.6 Å². The number of aryl methyl sites for hydroxylation is 1. The number of nitrogens with one attached hydrogen (secondary N) is 1. The second-order valence-corrected chi connectivity index (χ2v) is 4.10. The number of hydrogen-bond donors (Lipinski definition) is 2. The van der Waals surface area contributed by atoms with Gasteiger partial charge >= 0.3 is 0 Å². The minimum absolute atomic E-state index is 0.174. The highest BCUT2D eigenvalue weighted by molar-refractivity contribution is 5.01. The normalized spacial score (nSPS) is 12.9. The fourth-order valence-corrected chi connectivity index (χ4v) is 1.84. The topological polar surface area (TPSA) is 68.8 Å². The molecule has 0 amide bonds. The van der Waals surface area contributed by atoms with E-state index in [1.807, 2.05) is 10.9 Å². The number of hydrogen-bond acceptors (Lipinski definition) is 4. The van der Waals surface area contributed by atoms with Crippen LogP contribution < -0.4 is 11.3 Å². The third kappa shape index (κ3) is 3.57. The van der Waals surface area contributed by atoms with Crippen LogP contribution in [0.4, 0.5) is 0 Å². The maximum Gasteiger partial charge on any atom is 0.0770 e. The Kier molecular flexibility index (Phi) is 6.03. The minimum atomic E-state index is 0.174. The van der Waals surface area contributed by atoms with Crippen molar-refractivity contribution in [1.82, 2.24) is 20.4 Å². The Labute approximate surface area is 97.4 Å². The maximum atomic E-state index is 5.59. The number of aromatic nitrogens is 3. The molecule has 16 heavy (non-hydrogen) atoms. The second-order valence-electron chi connectivity index (χ2n) is 4.10. The zero-order valence-corrected chi connectivity index (χ0v) is 10.3. The molecule has 0 radical (unpaired) electrons. The summed E-state index contributed by atoms with van der Waals surface area (Å²) in [6, 6.07) is 0.174. The Morgan fingerprint density at radius 2 is 2.19 bits per heavy atom. The van der Waals surface area contributed by atoms with E-state index in [1.165, 1.54) is 19.3 Å². The van der Waals surface area contributed by atoms with Crippen LogP contribution in [0.1, 0.15) is 57.7 Å². The molecule has 1 rings (SSSR count). The van der Waals surface area contributed by atoms with E-state index in [-0.39, 0.29) is 6.04 Å². The molecule has 0 saturated carbocycles. The van der Waals surface area contributed by atoms with E-state index < -0.39 is 0 Å². The van der Waals surface area contributed by atoms with Gasteiger partial charge in [0.25, 0.3) is 0 Å². The van der Waals surface area contributed by atoms with Crippen molar-refractivity contribution in [1.29, 1.82) is 0 Å². The molecule has 1 aromatic rings. The number of hydrazine groups is 1. The summed E-state index contributed by atoms with van der Waals surface area (Å²) in [5, 5.41) is 8.03. The molecule has 92 valence electrons. The zero-order chi connectivity index (χ0) is 11.8. The molecule has 1 unspecified atom stereocenters. The quantitative estimate of drug-likeness (QED) is 0.402. The van der Waals surface area contributed by atoms with E-state index in [1.54, 1.807) is 0 Å². The number of rotatable bonds is 8. The van der Waals surface area contributed by atoms with E-state index >= 15 is 0 Å². The molecule has 0 fully saturated rings. The Bertz CT molecular complexity index is 284. The van der Waals surface area contributed by atoms with E-state index in [0.29, 0.717) is 0 Å². The van der Waals surface area contributed by atoms with Gasteiger partial charge in [-0.1, -0.05) is 38.3 Å². The maximum absolute atomic E-state index is 5.59. The van der Waals surface area contributed by atoms with Crippen molar-refractivity contribution >= 4 is 0 Å². The molecule has 5 nitrogen and oxygen atoms in total. The van der Waals surface area contributed by atoms with Crippen LogP contribution in [0.2, 0.25) is 0 Å². The summed E-state index contributed by atoms with van der Waals surface area (Å²) in [6.45, 7) is 5.24. The largest absolute Gasteiger partial charge is 0.271 e. The first-order chi connectivity index (χ1) is 7.83. The third-order valence-electron chi connectivity index (χ3n) is 2.74. The van der Waals surface area contributed by atoms with Gasteiger partial charge < -0.3 is 0 Å². The first-order valence-electron chi connectivity index (χ1n) is 6.18. The van der Waals surface area contributed by atoms with Crippen LogP contribution in [0.5, 0.6) is 0 Å². The van der Waals surface area contributed by atoms with E-state index in [4.69, 9.17) is 5.84 Å². The van der Waals surface area contributed by atoms with E-state index in [9.17, 15) is 0 Å². The monoisotopic (exact) mass is 225 g/mol. The van der Waals surface area contributed by atoms with Gasteiger partial charge in [-0.3, -0.25) is 11.3 Å². The Balaban J connectivity index is 2.59. The Morgan fingerprint density at radius 3 is 2.81 bits per heavy atom. The predicted octanol–water partition coefficient (Wildman–Crippen LogP) is 1.77. The van der Waals surface area contributed by atoms with Crippen LogP contribution in [-0.2, 0) is 6.54 Å². The van der Waals surface area contributed by atoms with Crippen LogP contribution in [-0.4, -0.2) is 15.0 Å². The lowest BCUT2D eigenvalue weighted by atomic mass is 10.1. The van der Waals surface area contributed by atoms with Crippen LogP contribution >= 0.6 is 0 Å². The van der Waals surface area contributed by atoms with Crippen molar-refractivity contribution in [3.05, 3.63) is 11.9 Å². The van der Waals surface area contributed by atoms with Crippen LogP contribution in [0.15, 0.2) is 6.20 Å². The van der Waals surface area contributed by atoms with Crippen LogP contribution in [0.25, 0.3) is 0 Å². The summed E-state index contributed by atoms with van der Waals surface area (Å²) in [6.07, 6.45) is 7.57. The van der Waals surface area contributed by atoms with Crippen molar-refractivity contribution in [2.45, 2.75) is 58.5 Å². The molecular weight excluding hydrogens is 202 g/mol. The van der Waals surface area contributed by atoms with Crippen molar-refractivity contribution in [3.8, 4) is 0 Å². The van der Waals surface area contributed by atoms with Gasteiger partial charge in [-0.2, -0.15) is 0 Å². The van der Waals surface area contributed by atoms with Crippen molar-refractivity contribution in [3.63, 3.8) is 0 Å². The van der Waals surface area contributed by atoms with Gasteiger partial charge in [0.2, 0.25) is 0 Å². The van der Waals surface area contributed by atoms with Gasteiger partial charge in [0.15, 0.2) is 0 Å². The summed E-state index contributed by atoms with van der Waals surface area (Å²) in [5.41, 5.74) is 3.96. The first-order valence-corrected chi connectivity index (χ1v) is 6.18. The third-order valence-corrected chi connectivity index (χ3v) is 2.74. The molecule has 1 atom stereocenters. The van der Waals surface area contributed by atoms with Crippen LogP contribution in [0, 0.1) is 0 Å². The van der Waals surface area contributed by atoms with Crippen molar-refractivity contribution in [2.75, 3.05) is 0 Å². The molecule has 0 saturated heterocycles. The second kappa shape index (κ2) is 7.35. The lowest BCUT2D eigenvalue weighted by Crippen LogP contribution is -2.30. The smallest absolute Gasteiger partial charge is 0.0770 e. The Hall–Kier alpha value is -0.940. The minimum Gasteiger partial charge on any atom is -0.271 e. The molecule has 0 spiro atoms. The zero-order valence-electron chi connectivity index (χ0n) is 10.3. The van der Waals surface area contributed by atoms with Gasteiger partial charge in [-0.25, -0.2) is 4.68 Å². The lowest BCUT2D eigenvalue weighted by Gasteiger charge is -2.16. The summed E-state index contributed by atoms with van der Waals surface area (Å²) < 4.78 is 1.94. The average Bonchev–Trinajstić information content (AvgIpc) is 2.73. The molecule has 0 bridgehead atoms. The molecule has 3 N–H and O–H groups in total.